The van der Waals surface area contributed by atoms with Gasteiger partial charge in [0.15, 0.2) is 0 Å². The Bertz CT molecular complexity index is 713. The molecule has 0 saturated heterocycles. The molecule has 2 atom stereocenters. The Kier molecular flexibility index (Phi) is 6.38. The predicted molar refractivity (Wildman–Crippen MR) is 90.8 cm³/mol. The van der Waals surface area contributed by atoms with Crippen LogP contribution in [0, 0.1) is 6.92 Å². The van der Waals surface area contributed by atoms with E-state index < -0.39 is 0 Å². The SMILES string of the molecule is COC(=O)CCc1cc(C)cc2c1C(CN=[N+]=[N-])N[C@H]2CC(=O)OC. The fourth-order valence-corrected chi connectivity index (χ4v) is 3.26. The molecule has 1 aliphatic heterocycles. The smallest absolute Gasteiger partial charge is 0.307 e. The molecule has 8 nitrogen and oxygen atoms in total. The van der Waals surface area contributed by atoms with Gasteiger partial charge in [0.25, 0.3) is 0 Å². The second-order valence-electron chi connectivity index (χ2n) is 5.97. The number of aryl methyl sites for hydroxylation is 2. The van der Waals surface area contributed by atoms with Crippen LogP contribution < -0.4 is 5.32 Å². The molecule has 1 aliphatic rings. The zero-order chi connectivity index (χ0) is 18.4. The molecule has 0 spiro atoms. The molecule has 0 saturated carbocycles. The lowest BCUT2D eigenvalue weighted by Crippen LogP contribution is -2.22. The molecule has 1 N–H and O–H groups in total. The Labute approximate surface area is 146 Å². The van der Waals surface area contributed by atoms with E-state index in [1.54, 1.807) is 0 Å². The first kappa shape index (κ1) is 18.8. The fraction of sp³-hybridized carbons (Fsp3) is 0.529. The highest BCUT2D eigenvalue weighted by molar-refractivity contribution is 5.71. The third kappa shape index (κ3) is 4.49. The Hall–Kier alpha value is -2.57. The minimum Gasteiger partial charge on any atom is -0.469 e. The van der Waals surface area contributed by atoms with Crippen LogP contribution >= 0.6 is 0 Å². The van der Waals surface area contributed by atoms with Crippen LogP contribution in [-0.4, -0.2) is 32.7 Å². The second-order valence-corrected chi connectivity index (χ2v) is 5.97. The van der Waals surface area contributed by atoms with E-state index in [0.29, 0.717) is 6.42 Å². The Balaban J connectivity index is 2.39. The molecule has 0 fully saturated rings. The molecule has 1 unspecified atom stereocenters. The van der Waals surface area contributed by atoms with Crippen molar-refractivity contribution in [3.05, 3.63) is 44.8 Å². The molecule has 0 aromatic heterocycles. The van der Waals surface area contributed by atoms with E-state index in [1.165, 1.54) is 14.2 Å². The summed E-state index contributed by atoms with van der Waals surface area (Å²) in [4.78, 5) is 26.1. The van der Waals surface area contributed by atoms with Crippen molar-refractivity contribution in [3.63, 3.8) is 0 Å². The highest BCUT2D eigenvalue weighted by atomic mass is 16.5. The minimum absolute atomic E-state index is 0.191. The molecule has 1 heterocycles. The van der Waals surface area contributed by atoms with Gasteiger partial charge >= 0.3 is 11.9 Å². The summed E-state index contributed by atoms with van der Waals surface area (Å²) in [7, 11) is 2.72. The molecule has 25 heavy (non-hydrogen) atoms. The standard InChI is InChI=1S/C17H22N4O4/c1-10-6-11(4-5-15(22)24-2)17-12(7-10)13(8-16(23)25-3)20-14(17)9-19-21-18/h6-7,13-14,20H,4-5,8-9H2,1-3H3/t13-,14?/m0/s1. The van der Waals surface area contributed by atoms with E-state index in [-0.39, 0.29) is 43.4 Å². The van der Waals surface area contributed by atoms with Gasteiger partial charge in [0.05, 0.1) is 20.6 Å². The zero-order valence-electron chi connectivity index (χ0n) is 14.6. The van der Waals surface area contributed by atoms with Gasteiger partial charge in [0.2, 0.25) is 0 Å². The highest BCUT2D eigenvalue weighted by Gasteiger charge is 2.33. The Morgan fingerprint density at radius 1 is 1.24 bits per heavy atom. The topological polar surface area (TPSA) is 113 Å². The number of fused-ring (bicyclic) bond motifs is 1. The second kappa shape index (κ2) is 8.50. The number of nitrogens with zero attached hydrogens (tertiary/aromatic N) is 3. The van der Waals surface area contributed by atoms with E-state index in [9.17, 15) is 9.59 Å². The van der Waals surface area contributed by atoms with Crippen LogP contribution in [-0.2, 0) is 25.5 Å². The van der Waals surface area contributed by atoms with Crippen molar-refractivity contribution in [1.29, 1.82) is 0 Å². The van der Waals surface area contributed by atoms with E-state index in [4.69, 9.17) is 15.0 Å². The van der Waals surface area contributed by atoms with Gasteiger partial charge in [0, 0.05) is 30.0 Å². The van der Waals surface area contributed by atoms with Crippen LogP contribution in [0.15, 0.2) is 17.2 Å². The van der Waals surface area contributed by atoms with Gasteiger partial charge in [-0.25, -0.2) is 0 Å². The molecule has 2 rings (SSSR count). The minimum atomic E-state index is -0.314. The Morgan fingerprint density at radius 3 is 2.60 bits per heavy atom. The van der Waals surface area contributed by atoms with Crippen molar-refractivity contribution in [2.45, 2.75) is 38.3 Å². The van der Waals surface area contributed by atoms with Crippen LogP contribution in [0.1, 0.15) is 47.2 Å². The summed E-state index contributed by atoms with van der Waals surface area (Å²) in [6, 6.07) is 3.63. The summed E-state index contributed by atoms with van der Waals surface area (Å²) in [5.74, 6) is -0.593. The summed E-state index contributed by atoms with van der Waals surface area (Å²) in [5, 5.41) is 7.02. The highest BCUT2D eigenvalue weighted by Crippen LogP contribution is 2.39. The van der Waals surface area contributed by atoms with Crippen LogP contribution in [0.4, 0.5) is 0 Å². The number of benzene rings is 1. The molecule has 8 heteroatoms. The summed E-state index contributed by atoms with van der Waals surface area (Å²) in [6.45, 7) is 2.20. The third-order valence-electron chi connectivity index (χ3n) is 4.32. The quantitative estimate of drug-likeness (QED) is 0.353. The normalized spacial score (nSPS) is 18.2. The first-order valence-electron chi connectivity index (χ1n) is 8.04. The van der Waals surface area contributed by atoms with Gasteiger partial charge in [-0.1, -0.05) is 22.8 Å². The third-order valence-corrected chi connectivity index (χ3v) is 4.32. The summed E-state index contributed by atoms with van der Waals surface area (Å²) in [5.41, 5.74) is 12.7. The lowest BCUT2D eigenvalue weighted by Gasteiger charge is -2.15. The number of methoxy groups -OCH3 is 2. The summed E-state index contributed by atoms with van der Waals surface area (Å²) >= 11 is 0. The summed E-state index contributed by atoms with van der Waals surface area (Å²) in [6.07, 6.45) is 0.981. The fourth-order valence-electron chi connectivity index (χ4n) is 3.26. The molecule has 134 valence electrons. The lowest BCUT2D eigenvalue weighted by molar-refractivity contribution is -0.141. The molecular weight excluding hydrogens is 324 g/mol. The first-order valence-corrected chi connectivity index (χ1v) is 8.04. The number of esters is 2. The van der Waals surface area contributed by atoms with Crippen LogP contribution in [0.2, 0.25) is 0 Å². The maximum atomic E-state index is 11.7. The van der Waals surface area contributed by atoms with Gasteiger partial charge < -0.3 is 14.8 Å². The van der Waals surface area contributed by atoms with Crippen molar-refractivity contribution in [2.24, 2.45) is 5.11 Å². The molecule has 0 bridgehead atoms. The van der Waals surface area contributed by atoms with Gasteiger partial charge in [-0.3, -0.25) is 9.59 Å². The van der Waals surface area contributed by atoms with Gasteiger partial charge in [-0.2, -0.15) is 0 Å². The van der Waals surface area contributed by atoms with E-state index in [1.807, 2.05) is 19.1 Å². The number of rotatable bonds is 7. The number of ether oxygens (including phenoxy) is 2. The Morgan fingerprint density at radius 2 is 1.96 bits per heavy atom. The number of carbonyl (C=O) groups excluding carboxylic acids is 2. The number of carbonyl (C=O) groups is 2. The first-order chi connectivity index (χ1) is 12.0. The largest absolute Gasteiger partial charge is 0.469 e. The van der Waals surface area contributed by atoms with E-state index in [2.05, 4.69) is 15.3 Å². The molecule has 1 aromatic rings. The van der Waals surface area contributed by atoms with Crippen LogP contribution in [0.3, 0.4) is 0 Å². The maximum absolute atomic E-state index is 11.7. The number of hydrogen-bond acceptors (Lipinski definition) is 6. The van der Waals surface area contributed by atoms with Crippen molar-refractivity contribution in [3.8, 4) is 0 Å². The van der Waals surface area contributed by atoms with Crippen molar-refractivity contribution in [1.82, 2.24) is 5.32 Å². The lowest BCUT2D eigenvalue weighted by atomic mass is 9.91. The average Bonchev–Trinajstić information content (AvgIpc) is 2.94. The van der Waals surface area contributed by atoms with Crippen LogP contribution in [0.5, 0.6) is 0 Å². The van der Waals surface area contributed by atoms with E-state index >= 15 is 0 Å². The van der Waals surface area contributed by atoms with Gasteiger partial charge in [0.1, 0.15) is 0 Å². The molecular formula is C17H22N4O4. The number of azide groups is 1. The zero-order valence-corrected chi connectivity index (χ0v) is 14.6. The molecule has 0 amide bonds. The maximum Gasteiger partial charge on any atom is 0.307 e. The van der Waals surface area contributed by atoms with Gasteiger partial charge in [-0.15, -0.1) is 0 Å². The number of hydrogen-bond donors (Lipinski definition) is 1. The van der Waals surface area contributed by atoms with E-state index in [0.717, 1.165) is 22.3 Å². The van der Waals surface area contributed by atoms with Gasteiger partial charge in [-0.05, 0) is 35.6 Å². The number of nitrogens with one attached hydrogen (secondary N) is 1. The van der Waals surface area contributed by atoms with Crippen molar-refractivity contribution < 1.29 is 19.1 Å². The monoisotopic (exact) mass is 346 g/mol. The summed E-state index contributed by atoms with van der Waals surface area (Å²) < 4.78 is 9.49. The molecule has 1 aromatic carbocycles. The molecule has 0 radical (unpaired) electrons. The van der Waals surface area contributed by atoms with Crippen LogP contribution in [0.25, 0.3) is 10.4 Å². The predicted octanol–water partition coefficient (Wildman–Crippen LogP) is 2.66. The average molecular weight is 346 g/mol. The molecule has 0 aliphatic carbocycles. The van der Waals surface area contributed by atoms with Crippen molar-refractivity contribution in [2.75, 3.05) is 20.8 Å². The van der Waals surface area contributed by atoms with Crippen molar-refractivity contribution >= 4 is 11.9 Å².